The number of nitrogens with one attached hydrogen (secondary N) is 1. The standard InChI is InChI=1S/C19H26N4/c20-11-13-5-7-15(8-6-13)23-12-14-9-18(19(23)10-14)22-17-4-2-1-3-16(17)21/h5-8,14,16-19,22H,1-4,9-10,12,21H2. The van der Waals surface area contributed by atoms with Crippen molar-refractivity contribution in [3.05, 3.63) is 29.8 Å². The van der Waals surface area contributed by atoms with Gasteiger partial charge in [-0.15, -0.1) is 0 Å². The van der Waals surface area contributed by atoms with Crippen LogP contribution in [-0.2, 0) is 0 Å². The SMILES string of the molecule is N#Cc1ccc(N2CC3CC(NC4CCCCC4N)C2C3)cc1. The van der Waals surface area contributed by atoms with Gasteiger partial charge in [0, 0.05) is 36.4 Å². The Kier molecular flexibility index (Phi) is 4.00. The zero-order valence-electron chi connectivity index (χ0n) is 13.6. The van der Waals surface area contributed by atoms with Crippen LogP contribution in [-0.4, -0.2) is 30.7 Å². The van der Waals surface area contributed by atoms with Crippen molar-refractivity contribution in [2.24, 2.45) is 11.7 Å². The van der Waals surface area contributed by atoms with Crippen LogP contribution in [0.2, 0.25) is 0 Å². The summed E-state index contributed by atoms with van der Waals surface area (Å²) in [7, 11) is 0. The van der Waals surface area contributed by atoms with Crippen molar-refractivity contribution in [3.8, 4) is 6.07 Å². The van der Waals surface area contributed by atoms with E-state index >= 15 is 0 Å². The van der Waals surface area contributed by atoms with Crippen LogP contribution < -0.4 is 16.0 Å². The number of fused-ring (bicyclic) bond motifs is 2. The molecule has 1 aliphatic heterocycles. The molecule has 0 aromatic heterocycles. The van der Waals surface area contributed by atoms with Crippen LogP contribution in [0.15, 0.2) is 24.3 Å². The maximum atomic E-state index is 8.96. The minimum Gasteiger partial charge on any atom is -0.367 e. The highest BCUT2D eigenvalue weighted by Gasteiger charge is 2.45. The molecule has 4 rings (SSSR count). The second-order valence-corrected chi connectivity index (χ2v) is 7.54. The number of nitriles is 1. The van der Waals surface area contributed by atoms with Crippen molar-refractivity contribution in [1.29, 1.82) is 5.26 Å². The molecule has 1 aromatic carbocycles. The molecular formula is C19H26N4. The summed E-state index contributed by atoms with van der Waals surface area (Å²) in [4.78, 5) is 2.54. The van der Waals surface area contributed by atoms with Crippen LogP contribution in [0.5, 0.6) is 0 Å². The number of piperidine rings is 1. The lowest BCUT2D eigenvalue weighted by Crippen LogP contribution is -2.56. The summed E-state index contributed by atoms with van der Waals surface area (Å²) in [6.07, 6.45) is 7.57. The molecule has 0 amide bonds. The summed E-state index contributed by atoms with van der Waals surface area (Å²) in [5.74, 6) is 0.799. The fraction of sp³-hybridized carbons (Fsp3) is 0.632. The lowest BCUT2D eigenvalue weighted by molar-refractivity contribution is 0.279. The summed E-state index contributed by atoms with van der Waals surface area (Å²) in [5.41, 5.74) is 8.32. The number of hydrogen-bond donors (Lipinski definition) is 2. The Balaban J connectivity index is 1.46. The molecule has 2 aliphatic carbocycles. The second kappa shape index (κ2) is 6.14. The van der Waals surface area contributed by atoms with E-state index < -0.39 is 0 Å². The highest BCUT2D eigenvalue weighted by Crippen LogP contribution is 2.41. The Labute approximate surface area is 138 Å². The van der Waals surface area contributed by atoms with Gasteiger partial charge in [-0.05, 0) is 55.9 Å². The van der Waals surface area contributed by atoms with Crippen LogP contribution in [0.4, 0.5) is 5.69 Å². The average Bonchev–Trinajstić information content (AvgIpc) is 3.17. The first-order valence-corrected chi connectivity index (χ1v) is 9.03. The summed E-state index contributed by atoms with van der Waals surface area (Å²) >= 11 is 0. The molecule has 122 valence electrons. The van der Waals surface area contributed by atoms with Gasteiger partial charge in [0.25, 0.3) is 0 Å². The first-order valence-electron chi connectivity index (χ1n) is 9.03. The van der Waals surface area contributed by atoms with Crippen molar-refractivity contribution in [1.82, 2.24) is 5.32 Å². The van der Waals surface area contributed by atoms with Crippen LogP contribution in [0.25, 0.3) is 0 Å². The molecule has 2 saturated carbocycles. The normalized spacial score (nSPS) is 36.2. The smallest absolute Gasteiger partial charge is 0.0991 e. The zero-order valence-corrected chi connectivity index (χ0v) is 13.6. The highest BCUT2D eigenvalue weighted by molar-refractivity contribution is 5.52. The third-order valence-electron chi connectivity index (χ3n) is 6.06. The number of benzene rings is 1. The molecule has 5 unspecified atom stereocenters. The molecular weight excluding hydrogens is 284 g/mol. The molecule has 4 heteroatoms. The molecule has 3 fully saturated rings. The van der Waals surface area contributed by atoms with Crippen LogP contribution in [0.1, 0.15) is 44.1 Å². The van der Waals surface area contributed by atoms with Crippen LogP contribution in [0, 0.1) is 17.2 Å². The average molecular weight is 310 g/mol. The van der Waals surface area contributed by atoms with Crippen molar-refractivity contribution < 1.29 is 0 Å². The fourth-order valence-electron chi connectivity index (χ4n) is 4.87. The summed E-state index contributed by atoms with van der Waals surface area (Å²) in [6, 6.07) is 12.2. The van der Waals surface area contributed by atoms with E-state index in [2.05, 4.69) is 28.4 Å². The third kappa shape index (κ3) is 2.84. The minimum atomic E-state index is 0.325. The molecule has 5 atom stereocenters. The molecule has 4 nitrogen and oxygen atoms in total. The molecule has 0 spiro atoms. The lowest BCUT2D eigenvalue weighted by atomic mass is 9.89. The number of nitrogens with two attached hydrogens (primary N) is 1. The topological polar surface area (TPSA) is 65.1 Å². The number of anilines is 1. The maximum Gasteiger partial charge on any atom is 0.0991 e. The van der Waals surface area contributed by atoms with Gasteiger partial charge in [-0.1, -0.05) is 12.8 Å². The Hall–Kier alpha value is -1.57. The van der Waals surface area contributed by atoms with E-state index in [0.717, 1.165) is 24.4 Å². The first-order chi connectivity index (χ1) is 11.2. The van der Waals surface area contributed by atoms with Gasteiger partial charge in [0.05, 0.1) is 11.6 Å². The number of nitrogens with zero attached hydrogens (tertiary/aromatic N) is 2. The Morgan fingerprint density at radius 2 is 1.87 bits per heavy atom. The predicted octanol–water partition coefficient (Wildman–Crippen LogP) is 2.38. The van der Waals surface area contributed by atoms with Crippen molar-refractivity contribution >= 4 is 5.69 Å². The molecule has 0 radical (unpaired) electrons. The maximum absolute atomic E-state index is 8.96. The van der Waals surface area contributed by atoms with E-state index in [0.29, 0.717) is 24.2 Å². The summed E-state index contributed by atoms with van der Waals surface area (Å²) in [6.45, 7) is 1.16. The Morgan fingerprint density at radius 3 is 2.57 bits per heavy atom. The minimum absolute atomic E-state index is 0.325. The Bertz CT molecular complexity index is 590. The van der Waals surface area contributed by atoms with E-state index in [9.17, 15) is 0 Å². The molecule has 1 aromatic rings. The van der Waals surface area contributed by atoms with Gasteiger partial charge in [-0.3, -0.25) is 0 Å². The van der Waals surface area contributed by atoms with Crippen molar-refractivity contribution in [3.63, 3.8) is 0 Å². The summed E-state index contributed by atoms with van der Waals surface area (Å²) < 4.78 is 0. The monoisotopic (exact) mass is 310 g/mol. The van der Waals surface area contributed by atoms with E-state index in [1.807, 2.05) is 12.1 Å². The van der Waals surface area contributed by atoms with Gasteiger partial charge < -0.3 is 16.0 Å². The van der Waals surface area contributed by atoms with E-state index in [-0.39, 0.29) is 0 Å². The summed E-state index contributed by atoms with van der Waals surface area (Å²) in [5, 5.41) is 12.9. The molecule has 1 heterocycles. The van der Waals surface area contributed by atoms with Gasteiger partial charge >= 0.3 is 0 Å². The van der Waals surface area contributed by atoms with Crippen molar-refractivity contribution in [2.75, 3.05) is 11.4 Å². The van der Waals surface area contributed by atoms with Gasteiger partial charge in [0.2, 0.25) is 0 Å². The van der Waals surface area contributed by atoms with Gasteiger partial charge in [-0.2, -0.15) is 5.26 Å². The highest BCUT2D eigenvalue weighted by atomic mass is 15.2. The molecule has 1 saturated heterocycles. The number of hydrogen-bond acceptors (Lipinski definition) is 4. The second-order valence-electron chi connectivity index (χ2n) is 7.54. The largest absolute Gasteiger partial charge is 0.367 e. The van der Waals surface area contributed by atoms with Gasteiger partial charge in [0.15, 0.2) is 0 Å². The van der Waals surface area contributed by atoms with E-state index in [1.165, 1.54) is 37.8 Å². The van der Waals surface area contributed by atoms with E-state index in [4.69, 9.17) is 11.0 Å². The molecule has 3 aliphatic rings. The Morgan fingerprint density at radius 1 is 1.09 bits per heavy atom. The lowest BCUT2D eigenvalue weighted by Gasteiger charge is -2.39. The van der Waals surface area contributed by atoms with Gasteiger partial charge in [0.1, 0.15) is 0 Å². The predicted molar refractivity (Wildman–Crippen MR) is 92.2 cm³/mol. The quantitative estimate of drug-likeness (QED) is 0.899. The number of rotatable bonds is 3. The first kappa shape index (κ1) is 15.0. The third-order valence-corrected chi connectivity index (χ3v) is 6.06. The van der Waals surface area contributed by atoms with Crippen LogP contribution in [0.3, 0.4) is 0 Å². The van der Waals surface area contributed by atoms with Gasteiger partial charge in [-0.25, -0.2) is 0 Å². The fourth-order valence-corrected chi connectivity index (χ4v) is 4.87. The molecule has 2 bridgehead atoms. The van der Waals surface area contributed by atoms with Crippen molar-refractivity contribution in [2.45, 2.75) is 62.7 Å². The molecule has 3 N–H and O–H groups in total. The molecule has 23 heavy (non-hydrogen) atoms. The zero-order chi connectivity index (χ0) is 15.8. The van der Waals surface area contributed by atoms with E-state index in [1.54, 1.807) is 0 Å². The van der Waals surface area contributed by atoms with Crippen LogP contribution >= 0.6 is 0 Å².